The molecule has 0 spiro atoms. The van der Waals surface area contributed by atoms with E-state index in [1.54, 1.807) is 0 Å². The van der Waals surface area contributed by atoms with Crippen molar-refractivity contribution in [3.8, 4) is 22.8 Å². The standard InChI is InChI=1S/C29H17N3O/c1-4-10-23-18(7-1)13-15-25(30-23)28-21-9-2-5-11-24(21)31-29(32-28)19-14-16-27-22(17-19)20-8-3-6-12-26(20)33-27/h1-17H. The maximum Gasteiger partial charge on any atom is 0.160 e. The normalized spacial score (nSPS) is 11.6. The lowest BCUT2D eigenvalue weighted by Crippen LogP contribution is -1.96. The van der Waals surface area contributed by atoms with Gasteiger partial charge in [-0.2, -0.15) is 0 Å². The Morgan fingerprint density at radius 1 is 0.515 bits per heavy atom. The number of para-hydroxylation sites is 3. The van der Waals surface area contributed by atoms with Crippen molar-refractivity contribution in [1.29, 1.82) is 0 Å². The van der Waals surface area contributed by atoms with E-state index in [9.17, 15) is 0 Å². The Labute approximate surface area is 189 Å². The van der Waals surface area contributed by atoms with Gasteiger partial charge in [0, 0.05) is 27.1 Å². The van der Waals surface area contributed by atoms with Gasteiger partial charge < -0.3 is 4.42 Å². The summed E-state index contributed by atoms with van der Waals surface area (Å²) in [6.07, 6.45) is 0. The summed E-state index contributed by atoms with van der Waals surface area (Å²) in [6.45, 7) is 0. The highest BCUT2D eigenvalue weighted by Gasteiger charge is 2.14. The highest BCUT2D eigenvalue weighted by Crippen LogP contribution is 2.33. The molecular formula is C29H17N3O. The number of rotatable bonds is 2. The van der Waals surface area contributed by atoms with Crippen molar-refractivity contribution >= 4 is 43.7 Å². The van der Waals surface area contributed by atoms with Gasteiger partial charge in [-0.3, -0.25) is 0 Å². The molecule has 4 nitrogen and oxygen atoms in total. The fourth-order valence-corrected chi connectivity index (χ4v) is 4.46. The van der Waals surface area contributed by atoms with E-state index in [1.807, 2.05) is 72.8 Å². The van der Waals surface area contributed by atoms with Crippen molar-refractivity contribution in [1.82, 2.24) is 15.0 Å². The number of hydrogen-bond donors (Lipinski definition) is 0. The summed E-state index contributed by atoms with van der Waals surface area (Å²) >= 11 is 0. The van der Waals surface area contributed by atoms with Gasteiger partial charge in [-0.05, 0) is 42.5 Å². The van der Waals surface area contributed by atoms with Gasteiger partial charge in [0.05, 0.1) is 16.7 Å². The second-order valence-electron chi connectivity index (χ2n) is 8.11. The van der Waals surface area contributed by atoms with E-state index in [0.717, 1.165) is 60.7 Å². The second kappa shape index (κ2) is 6.97. The first-order chi connectivity index (χ1) is 16.3. The smallest absolute Gasteiger partial charge is 0.160 e. The molecule has 0 bridgehead atoms. The average molecular weight is 423 g/mol. The summed E-state index contributed by atoms with van der Waals surface area (Å²) in [5.74, 6) is 0.672. The molecule has 4 heteroatoms. The van der Waals surface area contributed by atoms with Crippen molar-refractivity contribution in [3.05, 3.63) is 103 Å². The van der Waals surface area contributed by atoms with Crippen LogP contribution in [0.5, 0.6) is 0 Å². The number of benzene rings is 4. The quantitative estimate of drug-likeness (QED) is 0.290. The molecule has 0 N–H and O–H groups in total. The summed E-state index contributed by atoms with van der Waals surface area (Å²) < 4.78 is 6.00. The van der Waals surface area contributed by atoms with Gasteiger partial charge in [0.25, 0.3) is 0 Å². The molecule has 0 unspecified atom stereocenters. The molecule has 3 aromatic heterocycles. The number of aromatic nitrogens is 3. The number of nitrogens with zero attached hydrogens (tertiary/aromatic N) is 3. The van der Waals surface area contributed by atoms with E-state index in [0.29, 0.717) is 5.82 Å². The largest absolute Gasteiger partial charge is 0.456 e. The summed E-state index contributed by atoms with van der Waals surface area (Å²) in [4.78, 5) is 14.8. The molecule has 0 aliphatic heterocycles. The van der Waals surface area contributed by atoms with Gasteiger partial charge in [-0.1, -0.05) is 60.7 Å². The zero-order valence-corrected chi connectivity index (χ0v) is 17.6. The molecule has 3 heterocycles. The predicted molar refractivity (Wildman–Crippen MR) is 133 cm³/mol. The van der Waals surface area contributed by atoms with Gasteiger partial charge in [0.15, 0.2) is 5.82 Å². The maximum absolute atomic E-state index is 6.00. The first-order valence-electron chi connectivity index (χ1n) is 10.9. The number of hydrogen-bond acceptors (Lipinski definition) is 4. The Balaban J connectivity index is 1.48. The SMILES string of the molecule is c1ccc2nc(-c3nc(-c4ccc5oc6ccccc6c5c4)nc4ccccc34)ccc2c1. The van der Waals surface area contributed by atoms with Crippen molar-refractivity contribution in [2.45, 2.75) is 0 Å². The van der Waals surface area contributed by atoms with E-state index in [2.05, 4.69) is 30.3 Å². The molecule has 0 amide bonds. The monoisotopic (exact) mass is 423 g/mol. The minimum absolute atomic E-state index is 0.672. The molecular weight excluding hydrogens is 406 g/mol. The van der Waals surface area contributed by atoms with Crippen LogP contribution in [0.15, 0.2) is 108 Å². The van der Waals surface area contributed by atoms with Crippen LogP contribution in [0.3, 0.4) is 0 Å². The molecule has 0 aliphatic carbocycles. The van der Waals surface area contributed by atoms with E-state index in [4.69, 9.17) is 19.4 Å². The lowest BCUT2D eigenvalue weighted by Gasteiger charge is -2.09. The van der Waals surface area contributed by atoms with Crippen LogP contribution in [0.25, 0.3) is 66.5 Å². The first kappa shape index (κ1) is 18.0. The van der Waals surface area contributed by atoms with E-state index < -0.39 is 0 Å². The van der Waals surface area contributed by atoms with Crippen LogP contribution < -0.4 is 0 Å². The third kappa shape index (κ3) is 2.88. The molecule has 7 aromatic rings. The van der Waals surface area contributed by atoms with Crippen LogP contribution in [0, 0.1) is 0 Å². The second-order valence-corrected chi connectivity index (χ2v) is 8.11. The molecule has 0 aliphatic rings. The Kier molecular flexibility index (Phi) is 3.81. The Morgan fingerprint density at radius 2 is 1.27 bits per heavy atom. The Hall–Kier alpha value is -4.57. The minimum Gasteiger partial charge on any atom is -0.456 e. The summed E-state index contributed by atoms with van der Waals surface area (Å²) in [7, 11) is 0. The molecule has 7 rings (SSSR count). The zero-order chi connectivity index (χ0) is 21.8. The van der Waals surface area contributed by atoms with Crippen molar-refractivity contribution in [2.24, 2.45) is 0 Å². The van der Waals surface area contributed by atoms with Gasteiger partial charge in [0.1, 0.15) is 16.9 Å². The highest BCUT2D eigenvalue weighted by molar-refractivity contribution is 6.06. The molecule has 0 saturated heterocycles. The Morgan fingerprint density at radius 3 is 2.21 bits per heavy atom. The van der Waals surface area contributed by atoms with E-state index in [-0.39, 0.29) is 0 Å². The highest BCUT2D eigenvalue weighted by atomic mass is 16.3. The third-order valence-electron chi connectivity index (χ3n) is 6.08. The van der Waals surface area contributed by atoms with E-state index >= 15 is 0 Å². The third-order valence-corrected chi connectivity index (χ3v) is 6.08. The van der Waals surface area contributed by atoms with Crippen LogP contribution in [0.4, 0.5) is 0 Å². The van der Waals surface area contributed by atoms with Crippen LogP contribution in [-0.4, -0.2) is 15.0 Å². The van der Waals surface area contributed by atoms with Crippen LogP contribution in [0.2, 0.25) is 0 Å². The van der Waals surface area contributed by atoms with Gasteiger partial charge in [0.2, 0.25) is 0 Å². The molecule has 4 aromatic carbocycles. The van der Waals surface area contributed by atoms with Crippen molar-refractivity contribution < 1.29 is 4.42 Å². The topological polar surface area (TPSA) is 51.8 Å². The number of furan rings is 1. The van der Waals surface area contributed by atoms with Crippen LogP contribution in [0.1, 0.15) is 0 Å². The maximum atomic E-state index is 6.00. The lowest BCUT2D eigenvalue weighted by molar-refractivity contribution is 0.669. The predicted octanol–water partition coefficient (Wildman–Crippen LogP) is 7.41. The summed E-state index contributed by atoms with van der Waals surface area (Å²) in [6, 6.07) is 34.6. The van der Waals surface area contributed by atoms with Gasteiger partial charge in [-0.25, -0.2) is 15.0 Å². The molecule has 0 atom stereocenters. The van der Waals surface area contributed by atoms with Crippen LogP contribution >= 0.6 is 0 Å². The molecule has 0 saturated carbocycles. The van der Waals surface area contributed by atoms with Gasteiger partial charge in [-0.15, -0.1) is 0 Å². The van der Waals surface area contributed by atoms with E-state index in [1.165, 1.54) is 0 Å². The number of pyridine rings is 1. The molecule has 0 fully saturated rings. The minimum atomic E-state index is 0.672. The summed E-state index contributed by atoms with van der Waals surface area (Å²) in [5.41, 5.74) is 6.20. The van der Waals surface area contributed by atoms with Crippen molar-refractivity contribution in [3.63, 3.8) is 0 Å². The fraction of sp³-hybridized carbons (Fsp3) is 0. The zero-order valence-electron chi connectivity index (χ0n) is 17.6. The lowest BCUT2D eigenvalue weighted by atomic mass is 10.1. The first-order valence-corrected chi connectivity index (χ1v) is 10.9. The molecule has 33 heavy (non-hydrogen) atoms. The van der Waals surface area contributed by atoms with Gasteiger partial charge >= 0.3 is 0 Å². The average Bonchev–Trinajstić information content (AvgIpc) is 3.26. The Bertz CT molecular complexity index is 1830. The van der Waals surface area contributed by atoms with Crippen LogP contribution in [-0.2, 0) is 0 Å². The fourth-order valence-electron chi connectivity index (χ4n) is 4.46. The summed E-state index contributed by atoms with van der Waals surface area (Å²) in [5, 5.41) is 4.24. The molecule has 0 radical (unpaired) electrons. The van der Waals surface area contributed by atoms with Crippen molar-refractivity contribution in [2.75, 3.05) is 0 Å². The molecule has 154 valence electrons. The number of fused-ring (bicyclic) bond motifs is 5.